The van der Waals surface area contributed by atoms with Gasteiger partial charge in [-0.05, 0) is 19.3 Å². The van der Waals surface area contributed by atoms with Gasteiger partial charge in [0.05, 0.1) is 12.0 Å². The molecule has 0 aromatic rings. The Hall–Kier alpha value is -0.710. The van der Waals surface area contributed by atoms with Crippen LogP contribution in [0.4, 0.5) is 8.78 Å². The molecular weight excluding hydrogens is 226 g/mol. The molecule has 0 aromatic heterocycles. The van der Waals surface area contributed by atoms with Crippen LogP contribution in [0.5, 0.6) is 0 Å². The quantitative estimate of drug-likeness (QED) is 0.744. The molecule has 3 unspecified atom stereocenters. The fourth-order valence-corrected chi connectivity index (χ4v) is 3.11. The van der Waals surface area contributed by atoms with Crippen molar-refractivity contribution in [3.63, 3.8) is 0 Å². The Bertz CT molecular complexity index is 324. The smallest absolute Gasteiger partial charge is 0.267 e. The molecule has 3 rings (SSSR count). The summed E-state index contributed by atoms with van der Waals surface area (Å²) < 4.78 is 27.2. The number of hydrogen-bond donors (Lipinski definition) is 1. The lowest BCUT2D eigenvalue weighted by molar-refractivity contribution is -0.131. The summed E-state index contributed by atoms with van der Waals surface area (Å²) in [5, 5.41) is 2.58. The topological polar surface area (TPSA) is 32.1 Å². The highest BCUT2D eigenvalue weighted by Crippen LogP contribution is 2.36. The number of carbonyl (C=O) groups is 1. The van der Waals surface area contributed by atoms with Crippen LogP contribution in [0.1, 0.15) is 32.1 Å². The zero-order valence-corrected chi connectivity index (χ0v) is 9.79. The minimum Gasteiger partial charge on any atom is -0.347 e. The van der Waals surface area contributed by atoms with E-state index >= 15 is 0 Å². The monoisotopic (exact) mass is 244 g/mol. The molecule has 0 aromatic carbocycles. The summed E-state index contributed by atoms with van der Waals surface area (Å²) in [5.74, 6) is -2.94. The number of carbonyl (C=O) groups excluding carboxylic acids is 1. The van der Waals surface area contributed by atoms with Crippen LogP contribution in [0, 0.1) is 5.92 Å². The van der Waals surface area contributed by atoms with Gasteiger partial charge in [-0.2, -0.15) is 0 Å². The maximum absolute atomic E-state index is 13.6. The highest BCUT2D eigenvalue weighted by atomic mass is 19.3. The molecule has 2 saturated heterocycles. The SMILES string of the molecule is O=C(N[C@@H]1CCCCC1(F)F)C1CC2CN2C1. The lowest BCUT2D eigenvalue weighted by Gasteiger charge is -2.32. The fourth-order valence-electron chi connectivity index (χ4n) is 3.11. The van der Waals surface area contributed by atoms with Crippen molar-refractivity contribution < 1.29 is 13.6 Å². The van der Waals surface area contributed by atoms with Crippen molar-refractivity contribution in [1.82, 2.24) is 10.2 Å². The zero-order chi connectivity index (χ0) is 12.0. The normalized spacial score (nSPS) is 42.9. The molecule has 3 aliphatic rings. The standard InChI is InChI=1S/C12H18F2N2O/c13-12(14)4-2-1-3-10(12)15-11(17)8-5-9-7-16(9)6-8/h8-10H,1-7H2,(H,15,17)/t8?,9?,10-,16?/m1/s1. The minimum atomic E-state index is -2.71. The van der Waals surface area contributed by atoms with Crippen LogP contribution in [0.15, 0.2) is 0 Å². The van der Waals surface area contributed by atoms with E-state index in [4.69, 9.17) is 0 Å². The van der Waals surface area contributed by atoms with Gasteiger partial charge in [-0.1, -0.05) is 6.42 Å². The number of rotatable bonds is 2. The second-order valence-corrected chi connectivity index (χ2v) is 5.61. The molecule has 1 amide bonds. The lowest BCUT2D eigenvalue weighted by Crippen LogP contribution is -2.51. The highest BCUT2D eigenvalue weighted by molar-refractivity contribution is 5.80. The summed E-state index contributed by atoms with van der Waals surface area (Å²) in [5.41, 5.74) is 0. The lowest BCUT2D eigenvalue weighted by atomic mass is 9.91. The molecule has 0 bridgehead atoms. The van der Waals surface area contributed by atoms with Crippen LogP contribution in [-0.4, -0.2) is 41.9 Å². The summed E-state index contributed by atoms with van der Waals surface area (Å²) >= 11 is 0. The minimum absolute atomic E-state index is 0.0634. The van der Waals surface area contributed by atoms with E-state index in [1.165, 1.54) is 0 Å². The highest BCUT2D eigenvalue weighted by Gasteiger charge is 2.48. The van der Waals surface area contributed by atoms with Crippen molar-refractivity contribution in [2.75, 3.05) is 13.1 Å². The third-order valence-corrected chi connectivity index (χ3v) is 4.29. The van der Waals surface area contributed by atoms with Crippen LogP contribution in [-0.2, 0) is 4.79 Å². The maximum Gasteiger partial charge on any atom is 0.267 e. The average Bonchev–Trinajstić information content (AvgIpc) is 2.88. The number of amides is 1. The summed E-state index contributed by atoms with van der Waals surface area (Å²) in [7, 11) is 0. The first-order chi connectivity index (χ1) is 8.06. The van der Waals surface area contributed by atoms with Gasteiger partial charge in [-0.25, -0.2) is 8.78 Å². The Morgan fingerprint density at radius 2 is 2.12 bits per heavy atom. The van der Waals surface area contributed by atoms with Gasteiger partial charge in [-0.3, -0.25) is 9.69 Å². The van der Waals surface area contributed by atoms with Crippen LogP contribution in [0.25, 0.3) is 0 Å². The number of halogens is 2. The molecule has 3 fully saturated rings. The number of alkyl halides is 2. The molecule has 1 N–H and O–H groups in total. The summed E-state index contributed by atoms with van der Waals surface area (Å²) in [6, 6.07) is -0.381. The predicted octanol–water partition coefficient (Wildman–Crippen LogP) is 1.38. The molecule has 2 aliphatic heterocycles. The summed E-state index contributed by atoms with van der Waals surface area (Å²) in [6.07, 6.45) is 2.54. The van der Waals surface area contributed by atoms with Gasteiger partial charge in [0.25, 0.3) is 5.92 Å². The van der Waals surface area contributed by atoms with E-state index in [0.29, 0.717) is 18.9 Å². The fraction of sp³-hybridized carbons (Fsp3) is 0.917. The average molecular weight is 244 g/mol. The van der Waals surface area contributed by atoms with E-state index < -0.39 is 12.0 Å². The second-order valence-electron chi connectivity index (χ2n) is 5.61. The largest absolute Gasteiger partial charge is 0.347 e. The number of fused-ring (bicyclic) bond motifs is 1. The van der Waals surface area contributed by atoms with Crippen molar-refractivity contribution in [2.45, 2.75) is 50.1 Å². The molecular formula is C12H18F2N2O. The van der Waals surface area contributed by atoms with E-state index in [1.54, 1.807) is 0 Å². The number of nitrogens with one attached hydrogen (secondary N) is 1. The van der Waals surface area contributed by atoms with E-state index in [-0.39, 0.29) is 18.2 Å². The summed E-state index contributed by atoms with van der Waals surface area (Å²) in [4.78, 5) is 14.1. The van der Waals surface area contributed by atoms with Gasteiger partial charge in [-0.15, -0.1) is 0 Å². The van der Waals surface area contributed by atoms with Crippen molar-refractivity contribution in [1.29, 1.82) is 0 Å². The van der Waals surface area contributed by atoms with Crippen molar-refractivity contribution in [2.24, 2.45) is 5.92 Å². The molecule has 3 nitrogen and oxygen atoms in total. The third kappa shape index (κ3) is 2.17. The molecule has 96 valence electrons. The van der Waals surface area contributed by atoms with E-state index in [2.05, 4.69) is 10.2 Å². The zero-order valence-electron chi connectivity index (χ0n) is 9.79. The van der Waals surface area contributed by atoms with E-state index in [9.17, 15) is 13.6 Å². The van der Waals surface area contributed by atoms with Crippen molar-refractivity contribution in [3.8, 4) is 0 Å². The molecule has 4 atom stereocenters. The van der Waals surface area contributed by atoms with Crippen molar-refractivity contribution >= 4 is 5.91 Å². The van der Waals surface area contributed by atoms with E-state index in [0.717, 1.165) is 25.9 Å². The Labute approximate surface area is 99.5 Å². The van der Waals surface area contributed by atoms with Gasteiger partial charge >= 0.3 is 0 Å². The van der Waals surface area contributed by atoms with Crippen LogP contribution in [0.3, 0.4) is 0 Å². The summed E-state index contributed by atoms with van der Waals surface area (Å²) in [6.45, 7) is 1.85. The number of nitrogens with zero attached hydrogens (tertiary/aromatic N) is 1. The maximum atomic E-state index is 13.6. The number of hydrogen-bond acceptors (Lipinski definition) is 2. The predicted molar refractivity (Wildman–Crippen MR) is 58.8 cm³/mol. The van der Waals surface area contributed by atoms with Crippen molar-refractivity contribution in [3.05, 3.63) is 0 Å². The van der Waals surface area contributed by atoms with Crippen LogP contribution < -0.4 is 5.32 Å². The van der Waals surface area contributed by atoms with Gasteiger partial charge in [0.1, 0.15) is 0 Å². The first-order valence-corrected chi connectivity index (χ1v) is 6.48. The molecule has 2 heterocycles. The Morgan fingerprint density at radius 3 is 2.76 bits per heavy atom. The third-order valence-electron chi connectivity index (χ3n) is 4.29. The first-order valence-electron chi connectivity index (χ1n) is 6.48. The van der Waals surface area contributed by atoms with E-state index in [1.807, 2.05) is 0 Å². The van der Waals surface area contributed by atoms with Crippen LogP contribution in [0.2, 0.25) is 0 Å². The molecule has 1 aliphatic carbocycles. The Kier molecular flexibility index (Phi) is 2.61. The van der Waals surface area contributed by atoms with Gasteiger partial charge < -0.3 is 5.32 Å². The van der Waals surface area contributed by atoms with Gasteiger partial charge in [0, 0.05) is 25.6 Å². The molecule has 17 heavy (non-hydrogen) atoms. The molecule has 0 radical (unpaired) electrons. The van der Waals surface area contributed by atoms with Gasteiger partial charge in [0.15, 0.2) is 0 Å². The Morgan fingerprint density at radius 1 is 1.29 bits per heavy atom. The van der Waals surface area contributed by atoms with Crippen LogP contribution >= 0.6 is 0 Å². The first kappa shape index (κ1) is 11.4. The molecule has 5 heteroatoms. The molecule has 1 saturated carbocycles. The molecule has 0 spiro atoms. The van der Waals surface area contributed by atoms with Gasteiger partial charge in [0.2, 0.25) is 5.91 Å². The Balaban J connectivity index is 1.56. The number of piperidine rings is 1. The second kappa shape index (κ2) is 3.90.